The lowest BCUT2D eigenvalue weighted by Crippen LogP contribution is -2.32. The molecule has 0 radical (unpaired) electrons. The van der Waals surface area contributed by atoms with Gasteiger partial charge in [-0.05, 0) is 56.0 Å². The van der Waals surface area contributed by atoms with Gasteiger partial charge in [0.1, 0.15) is 11.4 Å². The number of hydrogen-bond donors (Lipinski definition) is 2. The number of carbonyl (C=O) groups is 1. The van der Waals surface area contributed by atoms with Crippen molar-refractivity contribution in [3.05, 3.63) is 47.8 Å². The predicted molar refractivity (Wildman–Crippen MR) is 106 cm³/mol. The van der Waals surface area contributed by atoms with Crippen LogP contribution in [0.3, 0.4) is 0 Å². The molecule has 6 heteroatoms. The highest BCUT2D eigenvalue weighted by atomic mass is 16.5. The molecule has 1 aromatic carbocycles. The topological polar surface area (TPSA) is 68.2 Å². The van der Waals surface area contributed by atoms with Crippen molar-refractivity contribution in [1.82, 2.24) is 20.4 Å². The Kier molecular flexibility index (Phi) is 6.50. The van der Waals surface area contributed by atoms with Crippen LogP contribution >= 0.6 is 0 Å². The molecular formula is C21H30N4O2. The first kappa shape index (κ1) is 19.4. The molecule has 146 valence electrons. The second kappa shape index (κ2) is 9.04. The van der Waals surface area contributed by atoms with E-state index in [1.54, 1.807) is 6.07 Å². The highest BCUT2D eigenvalue weighted by molar-refractivity contribution is 5.92. The fraction of sp³-hybridized carbons (Fsp3) is 0.524. The van der Waals surface area contributed by atoms with Crippen molar-refractivity contribution in [3.63, 3.8) is 0 Å². The number of aromatic nitrogens is 2. The average molecular weight is 370 g/mol. The molecule has 1 aromatic heterocycles. The smallest absolute Gasteiger partial charge is 0.272 e. The minimum absolute atomic E-state index is 0.0989. The molecule has 1 fully saturated rings. The molecule has 1 amide bonds. The molecule has 2 aromatic rings. The summed E-state index contributed by atoms with van der Waals surface area (Å²) in [6.45, 7) is 8.89. The van der Waals surface area contributed by atoms with Gasteiger partial charge in [-0.25, -0.2) is 0 Å². The maximum Gasteiger partial charge on any atom is 0.272 e. The molecule has 1 aliphatic rings. The number of nitrogens with zero attached hydrogens (tertiary/aromatic N) is 2. The van der Waals surface area contributed by atoms with Crippen LogP contribution in [-0.2, 0) is 0 Å². The highest BCUT2D eigenvalue weighted by Crippen LogP contribution is 2.19. The van der Waals surface area contributed by atoms with Crippen LogP contribution < -0.4 is 15.4 Å². The normalized spacial score (nSPS) is 18.3. The van der Waals surface area contributed by atoms with Crippen molar-refractivity contribution in [1.29, 1.82) is 0 Å². The largest absolute Gasteiger partial charge is 0.493 e. The molecule has 0 aliphatic carbocycles. The van der Waals surface area contributed by atoms with E-state index < -0.39 is 0 Å². The third-order valence-corrected chi connectivity index (χ3v) is 4.80. The minimum atomic E-state index is -0.148. The van der Waals surface area contributed by atoms with Crippen LogP contribution in [0, 0.1) is 5.92 Å². The second-order valence-electron chi connectivity index (χ2n) is 7.65. The van der Waals surface area contributed by atoms with Crippen molar-refractivity contribution in [2.45, 2.75) is 45.7 Å². The van der Waals surface area contributed by atoms with Crippen molar-refractivity contribution >= 4 is 5.91 Å². The summed E-state index contributed by atoms with van der Waals surface area (Å²) in [4.78, 5) is 12.5. The Balaban J connectivity index is 1.56. The van der Waals surface area contributed by atoms with Gasteiger partial charge >= 0.3 is 0 Å². The number of benzene rings is 1. The molecule has 3 rings (SSSR count). The van der Waals surface area contributed by atoms with Crippen LogP contribution in [0.5, 0.6) is 5.75 Å². The molecule has 2 N–H and O–H groups in total. The summed E-state index contributed by atoms with van der Waals surface area (Å²) in [7, 11) is 0. The van der Waals surface area contributed by atoms with Crippen LogP contribution in [0.15, 0.2) is 36.5 Å². The van der Waals surface area contributed by atoms with E-state index in [2.05, 4.69) is 29.6 Å². The van der Waals surface area contributed by atoms with E-state index in [1.165, 1.54) is 0 Å². The Morgan fingerprint density at radius 1 is 1.30 bits per heavy atom. The van der Waals surface area contributed by atoms with Crippen molar-refractivity contribution < 1.29 is 9.53 Å². The zero-order valence-corrected chi connectivity index (χ0v) is 16.4. The molecule has 2 unspecified atom stereocenters. The van der Waals surface area contributed by atoms with E-state index in [-0.39, 0.29) is 11.9 Å². The third-order valence-electron chi connectivity index (χ3n) is 4.80. The van der Waals surface area contributed by atoms with Gasteiger partial charge in [-0.1, -0.05) is 26.0 Å². The van der Waals surface area contributed by atoms with Gasteiger partial charge in [0.15, 0.2) is 0 Å². The maximum absolute atomic E-state index is 12.5. The van der Waals surface area contributed by atoms with Gasteiger partial charge in [0.05, 0.1) is 18.7 Å². The SMILES string of the molecule is CC(C)COc1ccc(C(C)NC(=O)c2ccn(C3CCCNC3)n2)cc1. The van der Waals surface area contributed by atoms with E-state index >= 15 is 0 Å². The number of piperidine rings is 1. The zero-order valence-electron chi connectivity index (χ0n) is 16.4. The summed E-state index contributed by atoms with van der Waals surface area (Å²) in [6, 6.07) is 9.91. The average Bonchev–Trinajstić information content (AvgIpc) is 3.18. The molecule has 2 atom stereocenters. The van der Waals surface area contributed by atoms with Crippen LogP contribution in [-0.4, -0.2) is 35.4 Å². The van der Waals surface area contributed by atoms with E-state index in [4.69, 9.17) is 4.74 Å². The maximum atomic E-state index is 12.5. The zero-order chi connectivity index (χ0) is 19.2. The Morgan fingerprint density at radius 3 is 2.74 bits per heavy atom. The first-order chi connectivity index (χ1) is 13.0. The van der Waals surface area contributed by atoms with E-state index in [0.717, 1.165) is 37.2 Å². The molecule has 2 heterocycles. The van der Waals surface area contributed by atoms with Crippen molar-refractivity contribution in [2.75, 3.05) is 19.7 Å². The van der Waals surface area contributed by atoms with Gasteiger partial charge in [-0.3, -0.25) is 9.48 Å². The molecular weight excluding hydrogens is 340 g/mol. The van der Waals surface area contributed by atoms with E-state index in [0.29, 0.717) is 24.3 Å². The fourth-order valence-corrected chi connectivity index (χ4v) is 3.19. The van der Waals surface area contributed by atoms with Crippen LogP contribution in [0.25, 0.3) is 0 Å². The van der Waals surface area contributed by atoms with E-state index in [9.17, 15) is 4.79 Å². The summed E-state index contributed by atoms with van der Waals surface area (Å²) in [5.74, 6) is 1.20. The van der Waals surface area contributed by atoms with Gasteiger partial charge in [-0.15, -0.1) is 0 Å². The van der Waals surface area contributed by atoms with Gasteiger partial charge < -0.3 is 15.4 Å². The third kappa shape index (κ3) is 5.32. The molecule has 1 saturated heterocycles. The Morgan fingerprint density at radius 2 is 2.07 bits per heavy atom. The van der Waals surface area contributed by atoms with Gasteiger partial charge in [0.2, 0.25) is 0 Å². The number of rotatable bonds is 7. The summed E-state index contributed by atoms with van der Waals surface area (Å²) in [6.07, 6.45) is 4.13. The minimum Gasteiger partial charge on any atom is -0.493 e. The summed E-state index contributed by atoms with van der Waals surface area (Å²) in [5.41, 5.74) is 1.50. The Labute approximate surface area is 161 Å². The second-order valence-corrected chi connectivity index (χ2v) is 7.65. The molecule has 6 nitrogen and oxygen atoms in total. The molecule has 0 bridgehead atoms. The lowest BCUT2D eigenvalue weighted by atomic mass is 10.1. The number of hydrogen-bond acceptors (Lipinski definition) is 4. The van der Waals surface area contributed by atoms with Crippen molar-refractivity contribution in [2.24, 2.45) is 5.92 Å². The van der Waals surface area contributed by atoms with Crippen LogP contribution in [0.4, 0.5) is 0 Å². The highest BCUT2D eigenvalue weighted by Gasteiger charge is 2.19. The monoisotopic (exact) mass is 370 g/mol. The quantitative estimate of drug-likeness (QED) is 0.784. The first-order valence-electron chi connectivity index (χ1n) is 9.82. The molecule has 0 spiro atoms. The number of carbonyl (C=O) groups excluding carboxylic acids is 1. The summed E-state index contributed by atoms with van der Waals surface area (Å²) < 4.78 is 7.62. The van der Waals surface area contributed by atoms with Crippen molar-refractivity contribution in [3.8, 4) is 5.75 Å². The Hall–Kier alpha value is -2.34. The lowest BCUT2D eigenvalue weighted by molar-refractivity contribution is 0.0933. The first-order valence-corrected chi connectivity index (χ1v) is 9.82. The lowest BCUT2D eigenvalue weighted by Gasteiger charge is -2.22. The summed E-state index contributed by atoms with van der Waals surface area (Å²) in [5, 5.41) is 10.9. The molecule has 0 saturated carbocycles. The fourth-order valence-electron chi connectivity index (χ4n) is 3.19. The Bertz CT molecular complexity index is 733. The van der Waals surface area contributed by atoms with Gasteiger partial charge in [0.25, 0.3) is 5.91 Å². The molecule has 1 aliphatic heterocycles. The predicted octanol–water partition coefficient (Wildman–Crippen LogP) is 3.33. The number of ether oxygens (including phenoxy) is 1. The van der Waals surface area contributed by atoms with E-state index in [1.807, 2.05) is 42.1 Å². The standard InChI is InChI=1S/C21H30N4O2/c1-15(2)14-27-19-8-6-17(7-9-19)16(3)23-21(26)20-10-12-25(24-20)18-5-4-11-22-13-18/h6-10,12,15-16,18,22H,4-5,11,13-14H2,1-3H3,(H,23,26). The van der Waals surface area contributed by atoms with Gasteiger partial charge in [0, 0.05) is 12.7 Å². The number of nitrogens with one attached hydrogen (secondary N) is 2. The molecule has 27 heavy (non-hydrogen) atoms. The van der Waals surface area contributed by atoms with Gasteiger partial charge in [-0.2, -0.15) is 5.10 Å². The number of amides is 1. The van der Waals surface area contributed by atoms with Crippen LogP contribution in [0.2, 0.25) is 0 Å². The van der Waals surface area contributed by atoms with Crippen LogP contribution in [0.1, 0.15) is 61.7 Å². The summed E-state index contributed by atoms with van der Waals surface area (Å²) >= 11 is 0.